The number of aromatic amines is 2. The summed E-state index contributed by atoms with van der Waals surface area (Å²) in [6.07, 6.45) is 4.25. The zero-order chi connectivity index (χ0) is 15.0. The molecule has 0 aromatic carbocycles. The third-order valence-electron chi connectivity index (χ3n) is 3.67. The largest absolute Gasteiger partial charge is 0.325 e. The van der Waals surface area contributed by atoms with Gasteiger partial charge in [0.1, 0.15) is 5.69 Å². The van der Waals surface area contributed by atoms with Crippen molar-refractivity contribution in [3.05, 3.63) is 56.8 Å². The maximum atomic E-state index is 12.2. The molecule has 0 aliphatic heterocycles. The molecule has 1 fully saturated rings. The molecule has 1 aliphatic carbocycles. The molecule has 0 radical (unpaired) electrons. The molecular formula is C14H13FN4O2. The van der Waals surface area contributed by atoms with Crippen LogP contribution in [-0.2, 0) is 0 Å². The molecule has 21 heavy (non-hydrogen) atoms. The van der Waals surface area contributed by atoms with Gasteiger partial charge in [0.25, 0.3) is 5.56 Å². The van der Waals surface area contributed by atoms with Crippen LogP contribution >= 0.6 is 0 Å². The van der Waals surface area contributed by atoms with Crippen molar-refractivity contribution in [3.8, 4) is 11.3 Å². The zero-order valence-electron chi connectivity index (χ0n) is 11.3. The van der Waals surface area contributed by atoms with Crippen molar-refractivity contribution < 1.29 is 4.39 Å². The van der Waals surface area contributed by atoms with E-state index in [0.29, 0.717) is 12.0 Å². The van der Waals surface area contributed by atoms with Gasteiger partial charge in [-0.3, -0.25) is 9.78 Å². The molecule has 2 heterocycles. The van der Waals surface area contributed by atoms with Crippen LogP contribution in [0.5, 0.6) is 0 Å². The van der Waals surface area contributed by atoms with Gasteiger partial charge in [0.15, 0.2) is 0 Å². The Hall–Kier alpha value is -2.57. The van der Waals surface area contributed by atoms with Crippen molar-refractivity contribution in [2.75, 3.05) is 0 Å². The van der Waals surface area contributed by atoms with Crippen LogP contribution in [0, 0.1) is 12.8 Å². The summed E-state index contributed by atoms with van der Waals surface area (Å²) >= 11 is 0. The number of allylic oxidation sites excluding steroid dienone is 1. The first-order valence-corrected chi connectivity index (χ1v) is 6.53. The minimum absolute atomic E-state index is 0.166. The predicted octanol–water partition coefficient (Wildman–Crippen LogP) is 1.42. The maximum absolute atomic E-state index is 12.2. The second-order valence-corrected chi connectivity index (χ2v) is 5.08. The number of nitrogens with one attached hydrogen (secondary N) is 2. The minimum atomic E-state index is -0.570. The van der Waals surface area contributed by atoms with Crippen LogP contribution in [0.3, 0.4) is 0 Å². The van der Waals surface area contributed by atoms with Crippen LogP contribution in [0.15, 0.2) is 34.3 Å². The third-order valence-corrected chi connectivity index (χ3v) is 3.67. The fourth-order valence-electron chi connectivity index (χ4n) is 2.45. The Kier molecular flexibility index (Phi) is 3.25. The average molecular weight is 288 g/mol. The highest BCUT2D eigenvalue weighted by Crippen LogP contribution is 2.49. The quantitative estimate of drug-likeness (QED) is 0.893. The number of aromatic nitrogens is 4. The van der Waals surface area contributed by atoms with Crippen LogP contribution in [0.1, 0.15) is 23.6 Å². The van der Waals surface area contributed by atoms with E-state index < -0.39 is 11.2 Å². The Bertz CT molecular complexity index is 824. The topological polar surface area (TPSA) is 91.5 Å². The first-order chi connectivity index (χ1) is 10.1. The SMILES string of the molecule is Cc1nnc(-c2c[nH]c(=O)[nH]c2=O)cc1[C@H]1C[C@@H]1/C=C/F. The Morgan fingerprint density at radius 1 is 1.38 bits per heavy atom. The van der Waals surface area contributed by atoms with Gasteiger partial charge in [-0.25, -0.2) is 9.18 Å². The lowest BCUT2D eigenvalue weighted by Gasteiger charge is -2.05. The molecule has 0 unspecified atom stereocenters. The summed E-state index contributed by atoms with van der Waals surface area (Å²) in [6.45, 7) is 1.83. The van der Waals surface area contributed by atoms with Crippen molar-refractivity contribution >= 4 is 0 Å². The van der Waals surface area contributed by atoms with E-state index in [-0.39, 0.29) is 17.4 Å². The summed E-state index contributed by atoms with van der Waals surface area (Å²) in [5.74, 6) is 0.368. The smallest absolute Gasteiger partial charge is 0.313 e. The lowest BCUT2D eigenvalue weighted by Crippen LogP contribution is -2.23. The normalized spacial score (nSPS) is 20.9. The highest BCUT2D eigenvalue weighted by molar-refractivity contribution is 5.57. The summed E-state index contributed by atoms with van der Waals surface area (Å²) in [6, 6.07) is 1.78. The molecule has 7 heteroatoms. The summed E-state index contributed by atoms with van der Waals surface area (Å²) in [7, 11) is 0. The van der Waals surface area contributed by atoms with Gasteiger partial charge in [-0.15, -0.1) is 5.10 Å². The molecule has 0 saturated heterocycles. The molecule has 0 amide bonds. The van der Waals surface area contributed by atoms with E-state index in [1.807, 2.05) is 6.92 Å². The van der Waals surface area contributed by atoms with E-state index in [4.69, 9.17) is 0 Å². The number of hydrogen-bond acceptors (Lipinski definition) is 4. The van der Waals surface area contributed by atoms with Gasteiger partial charge in [-0.05, 0) is 36.8 Å². The molecule has 108 valence electrons. The van der Waals surface area contributed by atoms with Gasteiger partial charge in [0.2, 0.25) is 0 Å². The molecule has 2 aromatic rings. The number of rotatable bonds is 3. The van der Waals surface area contributed by atoms with Crippen molar-refractivity contribution in [1.82, 2.24) is 20.2 Å². The fraction of sp³-hybridized carbons (Fsp3) is 0.286. The van der Waals surface area contributed by atoms with Crippen LogP contribution in [0.25, 0.3) is 11.3 Å². The lowest BCUT2D eigenvalue weighted by atomic mass is 10.1. The summed E-state index contributed by atoms with van der Waals surface area (Å²) in [5, 5.41) is 8.06. The van der Waals surface area contributed by atoms with E-state index in [9.17, 15) is 14.0 Å². The Balaban J connectivity index is 2.02. The van der Waals surface area contributed by atoms with Crippen molar-refractivity contribution in [3.63, 3.8) is 0 Å². The van der Waals surface area contributed by atoms with Gasteiger partial charge in [0.05, 0.1) is 17.6 Å². The maximum Gasteiger partial charge on any atom is 0.325 e. The second-order valence-electron chi connectivity index (χ2n) is 5.08. The van der Waals surface area contributed by atoms with Gasteiger partial charge in [-0.2, -0.15) is 5.10 Å². The zero-order valence-corrected chi connectivity index (χ0v) is 11.3. The molecular weight excluding hydrogens is 275 g/mol. The van der Waals surface area contributed by atoms with E-state index in [1.165, 1.54) is 12.3 Å². The van der Waals surface area contributed by atoms with E-state index >= 15 is 0 Å². The molecule has 3 rings (SSSR count). The molecule has 0 spiro atoms. The summed E-state index contributed by atoms with van der Waals surface area (Å²) < 4.78 is 12.2. The first kappa shape index (κ1) is 13.4. The van der Waals surface area contributed by atoms with Crippen molar-refractivity contribution in [2.24, 2.45) is 5.92 Å². The van der Waals surface area contributed by atoms with Gasteiger partial charge in [0, 0.05) is 6.20 Å². The number of halogens is 1. The third kappa shape index (κ3) is 2.54. The fourth-order valence-corrected chi connectivity index (χ4v) is 2.45. The first-order valence-electron chi connectivity index (χ1n) is 6.53. The second kappa shape index (κ2) is 5.08. The van der Waals surface area contributed by atoms with Gasteiger partial charge >= 0.3 is 5.69 Å². The monoisotopic (exact) mass is 288 g/mol. The van der Waals surface area contributed by atoms with E-state index in [0.717, 1.165) is 17.7 Å². The molecule has 2 aromatic heterocycles. The molecule has 1 aliphatic rings. The molecule has 2 N–H and O–H groups in total. The van der Waals surface area contributed by atoms with E-state index in [1.54, 1.807) is 6.07 Å². The Morgan fingerprint density at radius 2 is 2.19 bits per heavy atom. The standard InChI is InChI=1S/C14H13FN4O2/c1-7-9(10-4-8(10)2-3-15)5-12(19-18-7)11-6-16-14(21)17-13(11)20/h2-3,5-6,8,10H,4H2,1H3,(H2,16,17,20,21)/b3-2+/t8-,10-/m0/s1. The highest BCUT2D eigenvalue weighted by atomic mass is 19.1. The number of aryl methyl sites for hydroxylation is 1. The van der Waals surface area contributed by atoms with Crippen LogP contribution < -0.4 is 11.2 Å². The minimum Gasteiger partial charge on any atom is -0.313 e. The predicted molar refractivity (Wildman–Crippen MR) is 74.5 cm³/mol. The van der Waals surface area contributed by atoms with Crippen LogP contribution in [0.2, 0.25) is 0 Å². The van der Waals surface area contributed by atoms with Crippen molar-refractivity contribution in [1.29, 1.82) is 0 Å². The molecule has 0 bridgehead atoms. The summed E-state index contributed by atoms with van der Waals surface area (Å²) in [4.78, 5) is 27.4. The Labute approximate surface area is 118 Å². The van der Waals surface area contributed by atoms with Gasteiger partial charge < -0.3 is 4.98 Å². The average Bonchev–Trinajstić information content (AvgIpc) is 3.19. The van der Waals surface area contributed by atoms with Crippen LogP contribution in [0.4, 0.5) is 4.39 Å². The molecule has 1 saturated carbocycles. The van der Waals surface area contributed by atoms with Gasteiger partial charge in [-0.1, -0.05) is 6.08 Å². The van der Waals surface area contributed by atoms with Crippen LogP contribution in [-0.4, -0.2) is 20.2 Å². The number of hydrogen-bond donors (Lipinski definition) is 2. The van der Waals surface area contributed by atoms with E-state index in [2.05, 4.69) is 20.2 Å². The highest BCUT2D eigenvalue weighted by Gasteiger charge is 2.38. The Morgan fingerprint density at radius 3 is 2.90 bits per heavy atom. The number of H-pyrrole nitrogens is 2. The molecule has 6 nitrogen and oxygen atoms in total. The lowest BCUT2D eigenvalue weighted by molar-refractivity contribution is 0.710. The number of nitrogens with zero attached hydrogens (tertiary/aromatic N) is 2. The molecule has 2 atom stereocenters. The van der Waals surface area contributed by atoms with Crippen molar-refractivity contribution in [2.45, 2.75) is 19.3 Å². The summed E-state index contributed by atoms with van der Waals surface area (Å²) in [5.41, 5.74) is 1.27.